The van der Waals surface area contributed by atoms with Gasteiger partial charge in [0.2, 0.25) is 5.88 Å². The standard InChI is InChI=1S/C17H23N3O/c1-5-14-15(10-18)17(20-19-16(14)6-2)21-13-8-11(3)7-12(4)9-13/h7-9H,5-6,10,18H2,1-4H3. The fraction of sp³-hybridized carbons (Fsp3) is 0.412. The highest BCUT2D eigenvalue weighted by Gasteiger charge is 2.15. The van der Waals surface area contributed by atoms with E-state index in [4.69, 9.17) is 10.5 Å². The van der Waals surface area contributed by atoms with Crippen molar-refractivity contribution in [2.75, 3.05) is 0 Å². The maximum Gasteiger partial charge on any atom is 0.243 e. The Bertz CT molecular complexity index is 618. The number of rotatable bonds is 5. The van der Waals surface area contributed by atoms with Crippen LogP contribution in [-0.2, 0) is 19.4 Å². The van der Waals surface area contributed by atoms with E-state index >= 15 is 0 Å². The Kier molecular flexibility index (Phi) is 4.91. The summed E-state index contributed by atoms with van der Waals surface area (Å²) in [5.74, 6) is 1.30. The molecule has 0 bridgehead atoms. The first-order valence-electron chi connectivity index (χ1n) is 7.42. The third kappa shape index (κ3) is 3.39. The summed E-state index contributed by atoms with van der Waals surface area (Å²) in [6.45, 7) is 8.69. The molecule has 0 radical (unpaired) electrons. The molecule has 0 spiro atoms. The lowest BCUT2D eigenvalue weighted by Crippen LogP contribution is -2.10. The zero-order chi connectivity index (χ0) is 15.4. The van der Waals surface area contributed by atoms with E-state index in [9.17, 15) is 0 Å². The molecule has 1 heterocycles. The fourth-order valence-electron chi connectivity index (χ4n) is 2.63. The van der Waals surface area contributed by atoms with Gasteiger partial charge in [-0.1, -0.05) is 19.9 Å². The van der Waals surface area contributed by atoms with E-state index in [0.29, 0.717) is 12.4 Å². The second-order valence-corrected chi connectivity index (χ2v) is 5.25. The van der Waals surface area contributed by atoms with Crippen LogP contribution >= 0.6 is 0 Å². The van der Waals surface area contributed by atoms with Crippen molar-refractivity contribution >= 4 is 0 Å². The van der Waals surface area contributed by atoms with Crippen molar-refractivity contribution in [2.45, 2.75) is 47.1 Å². The molecule has 112 valence electrons. The van der Waals surface area contributed by atoms with Crippen LogP contribution in [0.1, 0.15) is 41.8 Å². The van der Waals surface area contributed by atoms with Gasteiger partial charge in [0.15, 0.2) is 0 Å². The predicted molar refractivity (Wildman–Crippen MR) is 84.7 cm³/mol. The molecule has 0 atom stereocenters. The zero-order valence-electron chi connectivity index (χ0n) is 13.2. The van der Waals surface area contributed by atoms with Gasteiger partial charge in [0.25, 0.3) is 0 Å². The lowest BCUT2D eigenvalue weighted by atomic mass is 10.0. The molecule has 4 heteroatoms. The lowest BCUT2D eigenvalue weighted by molar-refractivity contribution is 0.444. The number of ether oxygens (including phenoxy) is 1. The van der Waals surface area contributed by atoms with E-state index in [1.807, 2.05) is 26.0 Å². The smallest absolute Gasteiger partial charge is 0.243 e. The number of hydrogen-bond donors (Lipinski definition) is 1. The molecule has 0 amide bonds. The maximum absolute atomic E-state index is 5.95. The van der Waals surface area contributed by atoms with Crippen molar-refractivity contribution in [3.05, 3.63) is 46.1 Å². The molecule has 0 saturated heterocycles. The maximum atomic E-state index is 5.95. The monoisotopic (exact) mass is 285 g/mol. The Morgan fingerprint density at radius 3 is 2.14 bits per heavy atom. The van der Waals surface area contributed by atoms with Crippen LogP contribution in [0.25, 0.3) is 0 Å². The Labute approximate surface area is 126 Å². The van der Waals surface area contributed by atoms with Gasteiger partial charge in [0.05, 0.1) is 5.69 Å². The number of nitrogens with two attached hydrogens (primary N) is 1. The van der Waals surface area contributed by atoms with Crippen LogP contribution in [0, 0.1) is 13.8 Å². The van der Waals surface area contributed by atoms with Gasteiger partial charge >= 0.3 is 0 Å². The first-order valence-corrected chi connectivity index (χ1v) is 7.42. The summed E-state index contributed by atoms with van der Waals surface area (Å²) >= 11 is 0. The average Bonchev–Trinajstić information content (AvgIpc) is 2.45. The summed E-state index contributed by atoms with van der Waals surface area (Å²) in [7, 11) is 0. The molecular formula is C17H23N3O. The number of aryl methyl sites for hydroxylation is 3. The van der Waals surface area contributed by atoms with E-state index in [1.165, 1.54) is 0 Å². The fourth-order valence-corrected chi connectivity index (χ4v) is 2.63. The zero-order valence-corrected chi connectivity index (χ0v) is 13.2. The molecule has 2 rings (SSSR count). The van der Waals surface area contributed by atoms with Gasteiger partial charge in [-0.3, -0.25) is 0 Å². The van der Waals surface area contributed by atoms with E-state index in [0.717, 1.165) is 46.5 Å². The van der Waals surface area contributed by atoms with E-state index in [-0.39, 0.29) is 0 Å². The van der Waals surface area contributed by atoms with Gasteiger partial charge in [-0.15, -0.1) is 5.10 Å². The van der Waals surface area contributed by atoms with Crippen molar-refractivity contribution in [2.24, 2.45) is 5.73 Å². The average molecular weight is 285 g/mol. The topological polar surface area (TPSA) is 61.0 Å². The first-order chi connectivity index (χ1) is 10.1. The van der Waals surface area contributed by atoms with Crippen LogP contribution in [0.15, 0.2) is 18.2 Å². The second-order valence-electron chi connectivity index (χ2n) is 5.25. The van der Waals surface area contributed by atoms with Crippen LogP contribution in [0.4, 0.5) is 0 Å². The van der Waals surface area contributed by atoms with Crippen LogP contribution in [0.3, 0.4) is 0 Å². The highest BCUT2D eigenvalue weighted by atomic mass is 16.5. The van der Waals surface area contributed by atoms with Gasteiger partial charge in [-0.25, -0.2) is 0 Å². The molecule has 0 aliphatic heterocycles. The molecule has 0 fully saturated rings. The molecule has 4 nitrogen and oxygen atoms in total. The molecule has 2 aromatic rings. The number of nitrogens with zero attached hydrogens (tertiary/aromatic N) is 2. The quantitative estimate of drug-likeness (QED) is 0.913. The Morgan fingerprint density at radius 2 is 1.62 bits per heavy atom. The summed E-state index contributed by atoms with van der Waals surface area (Å²) in [4.78, 5) is 0. The number of benzene rings is 1. The summed E-state index contributed by atoms with van der Waals surface area (Å²) in [6.07, 6.45) is 1.74. The van der Waals surface area contributed by atoms with Gasteiger partial charge < -0.3 is 10.5 Å². The second kappa shape index (κ2) is 6.68. The van der Waals surface area contributed by atoms with E-state index in [1.54, 1.807) is 0 Å². The van der Waals surface area contributed by atoms with Crippen LogP contribution < -0.4 is 10.5 Å². The van der Waals surface area contributed by atoms with Crippen molar-refractivity contribution < 1.29 is 4.74 Å². The molecule has 1 aromatic carbocycles. The Balaban J connectivity index is 2.44. The molecule has 1 aromatic heterocycles. The molecule has 0 unspecified atom stereocenters. The van der Waals surface area contributed by atoms with Gasteiger partial charge in [-0.2, -0.15) is 5.10 Å². The molecule has 2 N–H and O–H groups in total. The minimum absolute atomic E-state index is 0.409. The third-order valence-corrected chi connectivity index (χ3v) is 3.53. The number of aromatic nitrogens is 2. The normalized spacial score (nSPS) is 10.7. The molecule has 0 saturated carbocycles. The Hall–Kier alpha value is -1.94. The summed E-state index contributed by atoms with van der Waals surface area (Å²) in [6, 6.07) is 6.10. The predicted octanol–water partition coefficient (Wildman–Crippen LogP) is 3.47. The largest absolute Gasteiger partial charge is 0.437 e. The van der Waals surface area contributed by atoms with Gasteiger partial charge in [0, 0.05) is 12.1 Å². The molecule has 0 aliphatic carbocycles. The summed E-state index contributed by atoms with van der Waals surface area (Å²) in [5, 5.41) is 8.52. The first kappa shape index (κ1) is 15.4. The van der Waals surface area contributed by atoms with Crippen LogP contribution in [-0.4, -0.2) is 10.2 Å². The SMILES string of the molecule is CCc1nnc(Oc2cc(C)cc(C)c2)c(CN)c1CC. The Morgan fingerprint density at radius 1 is 0.952 bits per heavy atom. The minimum Gasteiger partial charge on any atom is -0.437 e. The van der Waals surface area contributed by atoms with Crippen molar-refractivity contribution in [3.63, 3.8) is 0 Å². The van der Waals surface area contributed by atoms with Crippen molar-refractivity contribution in [1.82, 2.24) is 10.2 Å². The van der Waals surface area contributed by atoms with Crippen LogP contribution in [0.5, 0.6) is 11.6 Å². The van der Waals surface area contributed by atoms with Crippen molar-refractivity contribution in [3.8, 4) is 11.6 Å². The number of hydrogen-bond acceptors (Lipinski definition) is 4. The van der Waals surface area contributed by atoms with E-state index < -0.39 is 0 Å². The summed E-state index contributed by atoms with van der Waals surface area (Å²) in [5.41, 5.74) is 11.4. The third-order valence-electron chi connectivity index (χ3n) is 3.53. The minimum atomic E-state index is 0.409. The lowest BCUT2D eigenvalue weighted by Gasteiger charge is -2.15. The highest BCUT2D eigenvalue weighted by molar-refractivity contribution is 5.41. The molecule has 21 heavy (non-hydrogen) atoms. The van der Waals surface area contributed by atoms with Crippen molar-refractivity contribution in [1.29, 1.82) is 0 Å². The van der Waals surface area contributed by atoms with Crippen LogP contribution in [0.2, 0.25) is 0 Å². The molecular weight excluding hydrogens is 262 g/mol. The van der Waals surface area contributed by atoms with E-state index in [2.05, 4.69) is 30.1 Å². The molecule has 0 aliphatic rings. The van der Waals surface area contributed by atoms with Gasteiger partial charge in [0.1, 0.15) is 5.75 Å². The highest BCUT2D eigenvalue weighted by Crippen LogP contribution is 2.28. The van der Waals surface area contributed by atoms with Gasteiger partial charge in [-0.05, 0) is 55.5 Å². The summed E-state index contributed by atoms with van der Waals surface area (Å²) < 4.78 is 5.95.